The number of rotatable bonds is 4. The normalized spacial score (nSPS) is 11.0. The fraction of sp³-hybridized carbons (Fsp3) is 0.214. The van der Waals surface area contributed by atoms with Crippen molar-refractivity contribution in [1.29, 1.82) is 0 Å². The Hall–Kier alpha value is -2.27. The van der Waals surface area contributed by atoms with Crippen LogP contribution in [0.4, 0.5) is 0 Å². The van der Waals surface area contributed by atoms with Gasteiger partial charge in [0.2, 0.25) is 0 Å². The van der Waals surface area contributed by atoms with E-state index in [4.69, 9.17) is 4.42 Å². The summed E-state index contributed by atoms with van der Waals surface area (Å²) in [6, 6.07) is 7.78. The van der Waals surface area contributed by atoms with Crippen molar-refractivity contribution in [1.82, 2.24) is 20.3 Å². The molecule has 2 heterocycles. The number of nitrogens with one attached hydrogen (secondary N) is 1. The minimum Gasteiger partial charge on any atom is -0.443 e. The summed E-state index contributed by atoms with van der Waals surface area (Å²) in [6.45, 7) is 0.866. The van der Waals surface area contributed by atoms with E-state index in [9.17, 15) is 0 Å². The average Bonchev–Trinajstić information content (AvgIpc) is 2.92. The van der Waals surface area contributed by atoms with Gasteiger partial charge in [-0.1, -0.05) is 6.07 Å². The fourth-order valence-corrected chi connectivity index (χ4v) is 1.93. The zero-order valence-electron chi connectivity index (χ0n) is 10.6. The number of oxazole rings is 1. The van der Waals surface area contributed by atoms with E-state index in [2.05, 4.69) is 20.3 Å². The molecule has 5 nitrogen and oxygen atoms in total. The maximum atomic E-state index is 5.31. The van der Waals surface area contributed by atoms with E-state index >= 15 is 0 Å². The van der Waals surface area contributed by atoms with Crippen molar-refractivity contribution < 1.29 is 4.42 Å². The van der Waals surface area contributed by atoms with Crippen molar-refractivity contribution in [2.45, 2.75) is 6.42 Å². The quantitative estimate of drug-likeness (QED) is 0.772. The van der Waals surface area contributed by atoms with Crippen LogP contribution >= 0.6 is 0 Å². The average molecular weight is 254 g/mol. The fourth-order valence-electron chi connectivity index (χ4n) is 1.93. The molecule has 0 bridgehead atoms. The van der Waals surface area contributed by atoms with Crippen molar-refractivity contribution in [2.24, 2.45) is 0 Å². The second-order valence-corrected chi connectivity index (χ2v) is 4.25. The first-order valence-corrected chi connectivity index (χ1v) is 6.17. The highest BCUT2D eigenvalue weighted by molar-refractivity contribution is 5.78. The molecule has 2 aromatic heterocycles. The Morgan fingerprint density at radius 2 is 2.16 bits per heavy atom. The van der Waals surface area contributed by atoms with Gasteiger partial charge < -0.3 is 9.73 Å². The third-order valence-electron chi connectivity index (χ3n) is 2.93. The van der Waals surface area contributed by atoms with E-state index in [0.29, 0.717) is 0 Å². The van der Waals surface area contributed by atoms with Crippen LogP contribution in [0.3, 0.4) is 0 Å². The first-order chi connectivity index (χ1) is 9.36. The van der Waals surface area contributed by atoms with Gasteiger partial charge in [-0.3, -0.25) is 0 Å². The summed E-state index contributed by atoms with van der Waals surface area (Å²) in [7, 11) is 1.92. The molecule has 0 saturated carbocycles. The molecule has 0 saturated heterocycles. The zero-order chi connectivity index (χ0) is 13.1. The van der Waals surface area contributed by atoms with Crippen LogP contribution in [0.1, 0.15) is 5.82 Å². The molecule has 3 aromatic rings. The van der Waals surface area contributed by atoms with Gasteiger partial charge in [-0.25, -0.2) is 15.0 Å². The SMILES string of the molecule is CNCCc1nccc(-c2ccc3ncoc3c2)n1. The first-order valence-electron chi connectivity index (χ1n) is 6.17. The molecule has 1 N–H and O–H groups in total. The maximum Gasteiger partial charge on any atom is 0.181 e. The largest absolute Gasteiger partial charge is 0.443 e. The van der Waals surface area contributed by atoms with Crippen LogP contribution in [-0.4, -0.2) is 28.5 Å². The lowest BCUT2D eigenvalue weighted by molar-refractivity contribution is 0.602. The van der Waals surface area contributed by atoms with Crippen molar-refractivity contribution >= 4 is 11.1 Å². The van der Waals surface area contributed by atoms with Gasteiger partial charge in [0.05, 0.1) is 5.69 Å². The van der Waals surface area contributed by atoms with Gasteiger partial charge in [-0.05, 0) is 25.2 Å². The second-order valence-electron chi connectivity index (χ2n) is 4.25. The smallest absolute Gasteiger partial charge is 0.181 e. The molecule has 0 spiro atoms. The molecule has 0 unspecified atom stereocenters. The lowest BCUT2D eigenvalue weighted by Gasteiger charge is -2.03. The number of likely N-dealkylation sites (N-methyl/N-ethyl adjacent to an activating group) is 1. The Bertz CT molecular complexity index is 692. The van der Waals surface area contributed by atoms with Gasteiger partial charge in [0, 0.05) is 24.7 Å². The molecule has 3 rings (SSSR count). The van der Waals surface area contributed by atoms with Crippen LogP contribution in [0.25, 0.3) is 22.4 Å². The van der Waals surface area contributed by atoms with Gasteiger partial charge in [-0.15, -0.1) is 0 Å². The minimum atomic E-state index is 0.771. The molecule has 0 atom stereocenters. The number of nitrogens with zero attached hydrogens (tertiary/aromatic N) is 3. The summed E-state index contributed by atoms with van der Waals surface area (Å²) in [5.74, 6) is 0.838. The highest BCUT2D eigenvalue weighted by Gasteiger charge is 2.05. The predicted molar refractivity (Wildman–Crippen MR) is 72.7 cm³/mol. The van der Waals surface area contributed by atoms with Gasteiger partial charge in [0.25, 0.3) is 0 Å². The summed E-state index contributed by atoms with van der Waals surface area (Å²) in [6.07, 6.45) is 4.06. The van der Waals surface area contributed by atoms with E-state index in [0.717, 1.165) is 41.1 Å². The number of hydrogen-bond donors (Lipinski definition) is 1. The number of benzene rings is 1. The van der Waals surface area contributed by atoms with Crippen LogP contribution < -0.4 is 5.32 Å². The molecule has 0 fully saturated rings. The third kappa shape index (κ3) is 2.46. The Morgan fingerprint density at radius 3 is 3.05 bits per heavy atom. The monoisotopic (exact) mass is 254 g/mol. The van der Waals surface area contributed by atoms with Crippen molar-refractivity contribution in [3.05, 3.63) is 42.7 Å². The Morgan fingerprint density at radius 1 is 1.21 bits per heavy atom. The third-order valence-corrected chi connectivity index (χ3v) is 2.93. The van der Waals surface area contributed by atoms with Crippen molar-refractivity contribution in [3.63, 3.8) is 0 Å². The molecule has 1 aromatic carbocycles. The van der Waals surface area contributed by atoms with E-state index in [-0.39, 0.29) is 0 Å². The highest BCUT2D eigenvalue weighted by Crippen LogP contribution is 2.22. The van der Waals surface area contributed by atoms with E-state index in [1.165, 1.54) is 6.39 Å². The van der Waals surface area contributed by atoms with E-state index in [1.54, 1.807) is 6.20 Å². The summed E-state index contributed by atoms with van der Waals surface area (Å²) >= 11 is 0. The van der Waals surface area contributed by atoms with Crippen LogP contribution in [0.2, 0.25) is 0 Å². The van der Waals surface area contributed by atoms with Crippen LogP contribution in [0.5, 0.6) is 0 Å². The maximum absolute atomic E-state index is 5.31. The van der Waals surface area contributed by atoms with Crippen LogP contribution in [-0.2, 0) is 6.42 Å². The molecule has 19 heavy (non-hydrogen) atoms. The second kappa shape index (κ2) is 5.16. The molecule has 0 radical (unpaired) electrons. The number of aromatic nitrogens is 3. The summed E-state index contributed by atoms with van der Waals surface area (Å²) in [5.41, 5.74) is 3.54. The highest BCUT2D eigenvalue weighted by atomic mass is 16.3. The van der Waals surface area contributed by atoms with E-state index in [1.807, 2.05) is 31.3 Å². The molecular formula is C14H14N4O. The first kappa shape index (κ1) is 11.8. The molecule has 96 valence electrons. The summed E-state index contributed by atoms with van der Waals surface area (Å²) < 4.78 is 5.31. The Kier molecular flexibility index (Phi) is 3.20. The van der Waals surface area contributed by atoms with Gasteiger partial charge in [-0.2, -0.15) is 0 Å². The standard InChI is InChI=1S/C14H14N4O/c1-15-6-5-14-16-7-4-11(18-14)10-2-3-12-13(8-10)19-9-17-12/h2-4,7-9,15H,5-6H2,1H3. The molecule has 0 aliphatic carbocycles. The lowest BCUT2D eigenvalue weighted by atomic mass is 10.1. The zero-order valence-corrected chi connectivity index (χ0v) is 10.6. The minimum absolute atomic E-state index is 0.771. The molecular weight excluding hydrogens is 240 g/mol. The molecule has 5 heteroatoms. The predicted octanol–water partition coefficient (Wildman–Crippen LogP) is 2.05. The van der Waals surface area contributed by atoms with Crippen molar-refractivity contribution in [2.75, 3.05) is 13.6 Å². The van der Waals surface area contributed by atoms with Crippen LogP contribution in [0.15, 0.2) is 41.3 Å². The van der Waals surface area contributed by atoms with Gasteiger partial charge in [0.1, 0.15) is 11.3 Å². The molecule has 0 aliphatic rings. The lowest BCUT2D eigenvalue weighted by Crippen LogP contribution is -2.12. The van der Waals surface area contributed by atoms with E-state index < -0.39 is 0 Å². The molecule has 0 aliphatic heterocycles. The molecule has 0 amide bonds. The van der Waals surface area contributed by atoms with Gasteiger partial charge in [0.15, 0.2) is 12.0 Å². The Labute approximate surface area is 110 Å². The number of fused-ring (bicyclic) bond motifs is 1. The summed E-state index contributed by atoms with van der Waals surface area (Å²) in [4.78, 5) is 12.9. The van der Waals surface area contributed by atoms with Crippen molar-refractivity contribution in [3.8, 4) is 11.3 Å². The number of hydrogen-bond acceptors (Lipinski definition) is 5. The Balaban J connectivity index is 1.95. The summed E-state index contributed by atoms with van der Waals surface area (Å²) in [5, 5.41) is 3.09. The van der Waals surface area contributed by atoms with Gasteiger partial charge >= 0.3 is 0 Å². The van der Waals surface area contributed by atoms with Crippen LogP contribution in [0, 0.1) is 0 Å². The topological polar surface area (TPSA) is 63.8 Å².